The van der Waals surface area contributed by atoms with Crippen molar-refractivity contribution in [3.8, 4) is 22.9 Å². The molecule has 25 heavy (non-hydrogen) atoms. The fourth-order valence-corrected chi connectivity index (χ4v) is 2.76. The first-order chi connectivity index (χ1) is 12.2. The van der Waals surface area contributed by atoms with Crippen molar-refractivity contribution in [3.63, 3.8) is 0 Å². The number of benzene rings is 2. The molecule has 6 nitrogen and oxygen atoms in total. The van der Waals surface area contributed by atoms with Crippen molar-refractivity contribution in [2.45, 2.75) is 13.5 Å². The predicted molar refractivity (Wildman–Crippen MR) is 100 cm³/mol. The molecule has 1 heterocycles. The summed E-state index contributed by atoms with van der Waals surface area (Å²) in [5, 5.41) is 7.17. The predicted octanol–water partition coefficient (Wildman–Crippen LogP) is 3.76. The number of H-pyrrole nitrogens is 1. The third-order valence-electron chi connectivity index (χ3n) is 3.72. The highest BCUT2D eigenvalue weighted by atomic mass is 32.1. The van der Waals surface area contributed by atoms with Crippen molar-refractivity contribution in [2.24, 2.45) is 0 Å². The first kappa shape index (κ1) is 17.0. The van der Waals surface area contributed by atoms with E-state index in [1.165, 1.54) is 0 Å². The summed E-state index contributed by atoms with van der Waals surface area (Å²) in [6.07, 6.45) is 0. The summed E-state index contributed by atoms with van der Waals surface area (Å²) in [7, 11) is 1.64. The molecule has 0 unspecified atom stereocenters. The Hall–Kier alpha value is -2.80. The Bertz CT molecular complexity index is 904. The Morgan fingerprint density at radius 3 is 2.60 bits per heavy atom. The number of rotatable bonds is 7. The summed E-state index contributed by atoms with van der Waals surface area (Å²) in [4.78, 5) is 0. The van der Waals surface area contributed by atoms with Crippen LogP contribution in [0, 0.1) is 4.77 Å². The maximum absolute atomic E-state index is 5.67. The van der Waals surface area contributed by atoms with Gasteiger partial charge < -0.3 is 14.9 Å². The van der Waals surface area contributed by atoms with Crippen molar-refractivity contribution in [1.82, 2.24) is 14.9 Å². The van der Waals surface area contributed by atoms with E-state index in [2.05, 4.69) is 15.6 Å². The van der Waals surface area contributed by atoms with Crippen LogP contribution in [0.1, 0.15) is 12.5 Å². The number of aromatic amines is 1. The number of nitrogens with zero attached hydrogens (tertiary/aromatic N) is 2. The average molecular weight is 356 g/mol. The smallest absolute Gasteiger partial charge is 0.214 e. The second-order valence-electron chi connectivity index (χ2n) is 5.26. The van der Waals surface area contributed by atoms with E-state index >= 15 is 0 Å². The van der Waals surface area contributed by atoms with Crippen LogP contribution in [0.15, 0.2) is 48.5 Å². The first-order valence-electron chi connectivity index (χ1n) is 8.00. The van der Waals surface area contributed by atoms with Crippen molar-refractivity contribution >= 4 is 12.2 Å². The summed E-state index contributed by atoms with van der Waals surface area (Å²) in [5.74, 6) is 2.25. The number of nitrogens with one attached hydrogen (secondary N) is 2. The van der Waals surface area contributed by atoms with Gasteiger partial charge in [0.1, 0.15) is 11.5 Å². The van der Waals surface area contributed by atoms with Crippen LogP contribution in [-0.4, -0.2) is 28.6 Å². The van der Waals surface area contributed by atoms with Crippen molar-refractivity contribution in [1.29, 1.82) is 0 Å². The minimum atomic E-state index is 0.481. The maximum atomic E-state index is 5.67. The molecular weight excluding hydrogens is 336 g/mol. The van der Waals surface area contributed by atoms with Crippen molar-refractivity contribution in [2.75, 3.05) is 19.1 Å². The molecule has 2 aromatic carbocycles. The summed E-state index contributed by atoms with van der Waals surface area (Å²) >= 11 is 5.36. The van der Waals surface area contributed by atoms with Gasteiger partial charge in [0.2, 0.25) is 4.77 Å². The van der Waals surface area contributed by atoms with Crippen LogP contribution in [0.2, 0.25) is 0 Å². The topological polar surface area (TPSA) is 64.1 Å². The number of hydrogen-bond acceptors (Lipinski definition) is 5. The fourth-order valence-electron chi connectivity index (χ4n) is 2.56. The van der Waals surface area contributed by atoms with E-state index in [1.54, 1.807) is 11.8 Å². The number of methoxy groups -OCH3 is 1. The van der Waals surface area contributed by atoms with Gasteiger partial charge in [-0.2, -0.15) is 5.10 Å². The van der Waals surface area contributed by atoms with Gasteiger partial charge in [-0.15, -0.1) is 0 Å². The molecule has 3 rings (SSSR count). The van der Waals surface area contributed by atoms with Crippen LogP contribution in [0.3, 0.4) is 0 Å². The zero-order valence-electron chi connectivity index (χ0n) is 14.2. The summed E-state index contributed by atoms with van der Waals surface area (Å²) in [5.41, 5.74) is 5.20. The molecule has 0 bridgehead atoms. The van der Waals surface area contributed by atoms with Gasteiger partial charge in [-0.3, -0.25) is 0 Å². The molecule has 0 saturated heterocycles. The number of para-hydroxylation sites is 2. The molecule has 0 amide bonds. The quantitative estimate of drug-likeness (QED) is 0.631. The molecule has 0 atom stereocenters. The van der Waals surface area contributed by atoms with Gasteiger partial charge in [0.25, 0.3) is 0 Å². The maximum Gasteiger partial charge on any atom is 0.214 e. The lowest BCUT2D eigenvalue weighted by Gasteiger charge is -2.14. The molecule has 0 aliphatic carbocycles. The normalized spacial score (nSPS) is 10.5. The molecule has 3 aromatic rings. The van der Waals surface area contributed by atoms with Gasteiger partial charge >= 0.3 is 0 Å². The van der Waals surface area contributed by atoms with Gasteiger partial charge in [-0.1, -0.05) is 30.3 Å². The molecule has 130 valence electrons. The lowest BCUT2D eigenvalue weighted by molar-refractivity contribution is 0.336. The lowest BCUT2D eigenvalue weighted by atomic mass is 10.2. The second-order valence-corrected chi connectivity index (χ2v) is 5.65. The standard InChI is InChI=1S/C18H20N4O2S/c1-3-24-15-10-6-4-8-13(15)12-19-22-17(20-21-18(22)25)14-9-5-7-11-16(14)23-2/h4-11,19H,3,12H2,1-2H3,(H,21,25). The van der Waals surface area contributed by atoms with Crippen LogP contribution in [0.5, 0.6) is 11.5 Å². The van der Waals surface area contributed by atoms with E-state index in [-0.39, 0.29) is 0 Å². The van der Waals surface area contributed by atoms with Crippen LogP contribution < -0.4 is 14.9 Å². The van der Waals surface area contributed by atoms with Gasteiger partial charge in [-0.05, 0) is 37.3 Å². The Labute approximate surface area is 151 Å². The van der Waals surface area contributed by atoms with Crippen LogP contribution in [-0.2, 0) is 6.54 Å². The molecule has 7 heteroatoms. The minimum absolute atomic E-state index is 0.481. The first-order valence-corrected chi connectivity index (χ1v) is 8.40. The van der Waals surface area contributed by atoms with Crippen LogP contribution in [0.4, 0.5) is 0 Å². The largest absolute Gasteiger partial charge is 0.496 e. The Morgan fingerprint density at radius 2 is 1.84 bits per heavy atom. The molecule has 0 fully saturated rings. The summed E-state index contributed by atoms with van der Waals surface area (Å²) in [6, 6.07) is 15.6. The van der Waals surface area contributed by atoms with Gasteiger partial charge in [0.15, 0.2) is 5.82 Å². The number of hydrogen-bond donors (Lipinski definition) is 2. The monoisotopic (exact) mass is 356 g/mol. The molecule has 0 radical (unpaired) electrons. The van der Waals surface area contributed by atoms with Crippen LogP contribution in [0.25, 0.3) is 11.4 Å². The number of ether oxygens (including phenoxy) is 2. The fraction of sp³-hybridized carbons (Fsp3) is 0.222. The van der Waals surface area contributed by atoms with Crippen molar-refractivity contribution < 1.29 is 9.47 Å². The zero-order valence-corrected chi connectivity index (χ0v) is 15.0. The molecule has 0 aliphatic heterocycles. The SMILES string of the molecule is CCOc1ccccc1CNn1c(-c2ccccc2OC)n[nH]c1=S. The molecular formula is C18H20N4O2S. The van der Waals surface area contributed by atoms with Crippen molar-refractivity contribution in [3.05, 3.63) is 58.9 Å². The van der Waals surface area contributed by atoms with Gasteiger partial charge in [-0.25, -0.2) is 9.77 Å². The second kappa shape index (κ2) is 7.85. The van der Waals surface area contributed by atoms with Gasteiger partial charge in [0.05, 0.1) is 25.8 Å². The van der Waals surface area contributed by atoms with E-state index in [4.69, 9.17) is 21.7 Å². The highest BCUT2D eigenvalue weighted by Gasteiger charge is 2.13. The third-order valence-corrected chi connectivity index (χ3v) is 3.99. The Morgan fingerprint density at radius 1 is 1.12 bits per heavy atom. The highest BCUT2D eigenvalue weighted by molar-refractivity contribution is 7.71. The number of aromatic nitrogens is 3. The zero-order chi connectivity index (χ0) is 17.6. The lowest BCUT2D eigenvalue weighted by Crippen LogP contribution is -2.16. The highest BCUT2D eigenvalue weighted by Crippen LogP contribution is 2.27. The van der Waals surface area contributed by atoms with Crippen LogP contribution >= 0.6 is 12.2 Å². The van der Waals surface area contributed by atoms with Gasteiger partial charge in [0, 0.05) is 5.56 Å². The van der Waals surface area contributed by atoms with E-state index < -0.39 is 0 Å². The van der Waals surface area contributed by atoms with E-state index in [0.29, 0.717) is 23.7 Å². The summed E-state index contributed by atoms with van der Waals surface area (Å²) in [6.45, 7) is 3.14. The molecule has 0 spiro atoms. The Kier molecular flexibility index (Phi) is 5.35. The molecule has 1 aromatic heterocycles. The Balaban J connectivity index is 1.90. The average Bonchev–Trinajstić information content (AvgIpc) is 3.01. The minimum Gasteiger partial charge on any atom is -0.496 e. The molecule has 0 saturated carbocycles. The summed E-state index contributed by atoms with van der Waals surface area (Å²) < 4.78 is 13.3. The molecule has 2 N–H and O–H groups in total. The third kappa shape index (κ3) is 3.66. The van der Waals surface area contributed by atoms with E-state index in [1.807, 2.05) is 55.5 Å². The van der Waals surface area contributed by atoms with E-state index in [9.17, 15) is 0 Å². The molecule has 0 aliphatic rings. The van der Waals surface area contributed by atoms with E-state index in [0.717, 1.165) is 22.6 Å².